The monoisotopic (exact) mass is 573 g/mol. The van der Waals surface area contributed by atoms with Crippen molar-refractivity contribution < 1.29 is 27.9 Å². The lowest BCUT2D eigenvalue weighted by molar-refractivity contribution is 0.0530. The minimum absolute atomic E-state index is 0.0362. The Hall–Kier alpha value is -3.82. The van der Waals surface area contributed by atoms with Crippen LogP contribution < -0.4 is 15.5 Å². The smallest absolute Gasteiger partial charge is 0.350 e. The van der Waals surface area contributed by atoms with E-state index in [4.69, 9.17) is 4.74 Å². The summed E-state index contributed by atoms with van der Waals surface area (Å²) in [5.74, 6) is -0.127. The number of nitrogens with one attached hydrogen (secondary N) is 2. The third-order valence-electron chi connectivity index (χ3n) is 6.29. The highest BCUT2D eigenvalue weighted by Gasteiger charge is 2.40. The molecule has 3 N–H and O–H groups in total. The zero-order valence-electron chi connectivity index (χ0n) is 21.2. The molecule has 206 valence electrons. The quantitative estimate of drug-likeness (QED) is 0.337. The third-order valence-corrected chi connectivity index (χ3v) is 9.13. The van der Waals surface area contributed by atoms with Gasteiger partial charge in [0, 0.05) is 19.2 Å². The first-order valence-corrected chi connectivity index (χ1v) is 14.6. The topological polar surface area (TPSA) is 167 Å². The van der Waals surface area contributed by atoms with Crippen LogP contribution in [-0.4, -0.2) is 77.1 Å². The number of sulfonamides is 1. The van der Waals surface area contributed by atoms with Gasteiger partial charge in [-0.1, -0.05) is 23.5 Å². The van der Waals surface area contributed by atoms with Gasteiger partial charge in [0.25, 0.3) is 15.9 Å². The van der Waals surface area contributed by atoms with Gasteiger partial charge in [0.2, 0.25) is 5.95 Å². The molecule has 0 spiro atoms. The van der Waals surface area contributed by atoms with Crippen molar-refractivity contribution in [3.05, 3.63) is 46.5 Å². The molecule has 2 aliphatic heterocycles. The number of hydrogen-bond donors (Lipinski definition) is 3. The van der Waals surface area contributed by atoms with E-state index in [1.807, 2.05) is 4.90 Å². The van der Waals surface area contributed by atoms with Crippen molar-refractivity contribution in [1.82, 2.24) is 19.3 Å². The molecule has 0 unspecified atom stereocenters. The van der Waals surface area contributed by atoms with Crippen LogP contribution in [0.1, 0.15) is 45.5 Å². The summed E-state index contributed by atoms with van der Waals surface area (Å²) < 4.78 is 31.7. The van der Waals surface area contributed by atoms with Crippen LogP contribution in [0.15, 0.2) is 35.2 Å². The summed E-state index contributed by atoms with van der Waals surface area (Å²) in [6.45, 7) is 4.45. The van der Waals surface area contributed by atoms with Crippen LogP contribution in [0.2, 0.25) is 0 Å². The molecule has 1 aromatic carbocycles. The van der Waals surface area contributed by atoms with Crippen LogP contribution in [0.25, 0.3) is 0 Å². The largest absolute Gasteiger partial charge is 0.462 e. The van der Waals surface area contributed by atoms with E-state index >= 15 is 0 Å². The second-order valence-electron chi connectivity index (χ2n) is 8.92. The summed E-state index contributed by atoms with van der Waals surface area (Å²) in [5, 5.41) is 16.3. The molecule has 1 amide bonds. The number of thiazole rings is 1. The van der Waals surface area contributed by atoms with Gasteiger partial charge < -0.3 is 20.1 Å². The molecule has 0 saturated carbocycles. The highest BCUT2D eigenvalue weighted by atomic mass is 32.2. The van der Waals surface area contributed by atoms with Gasteiger partial charge in [0.15, 0.2) is 5.13 Å². The second kappa shape index (κ2) is 10.7. The fraction of sp³-hybridized carbons (Fsp3) is 0.375. The predicted molar refractivity (Wildman–Crippen MR) is 144 cm³/mol. The number of fused-ring (bicyclic) bond motifs is 1. The maximum atomic E-state index is 12.9. The number of nitrogens with zero attached hydrogens (tertiary/aromatic N) is 5. The average Bonchev–Trinajstić information content (AvgIpc) is 3.37. The summed E-state index contributed by atoms with van der Waals surface area (Å²) in [6, 6.07) is 7.71. The number of anilines is 4. The molecule has 5 rings (SSSR count). The molecular weight excluding hydrogens is 546 g/mol. The lowest BCUT2D eigenvalue weighted by atomic mass is 10.1. The number of hydrogen-bond acceptors (Lipinski definition) is 13. The minimum Gasteiger partial charge on any atom is -0.462 e. The van der Waals surface area contributed by atoms with Crippen LogP contribution in [0, 0.1) is 6.92 Å². The summed E-state index contributed by atoms with van der Waals surface area (Å²) in [7, 11) is -4.00. The molecule has 2 aromatic heterocycles. The van der Waals surface area contributed by atoms with Gasteiger partial charge in [-0.05, 0) is 38.8 Å². The van der Waals surface area contributed by atoms with E-state index in [1.165, 1.54) is 12.1 Å². The number of rotatable bonds is 8. The Balaban J connectivity index is 1.41. The molecule has 0 bridgehead atoms. The SMILES string of the molecule is CCOC(=O)c1sc(Nc2nc(NCN3C(=O)c4ccccc4S3(=O)=O)cc(N3CCC(O)CC3)n2)nc1C. The van der Waals surface area contributed by atoms with Crippen LogP contribution >= 0.6 is 11.3 Å². The van der Waals surface area contributed by atoms with Gasteiger partial charge >= 0.3 is 5.97 Å². The van der Waals surface area contributed by atoms with Crippen molar-refractivity contribution in [2.24, 2.45) is 0 Å². The van der Waals surface area contributed by atoms with Crippen LogP contribution in [0.3, 0.4) is 0 Å². The fourth-order valence-electron chi connectivity index (χ4n) is 4.31. The highest BCUT2D eigenvalue weighted by molar-refractivity contribution is 7.90. The number of aliphatic hydroxyl groups excluding tert-OH is 1. The number of amides is 1. The maximum Gasteiger partial charge on any atom is 0.350 e. The molecule has 0 aliphatic carbocycles. The average molecular weight is 574 g/mol. The lowest BCUT2D eigenvalue weighted by Gasteiger charge is -2.30. The Kier molecular flexibility index (Phi) is 7.38. The highest BCUT2D eigenvalue weighted by Crippen LogP contribution is 2.31. The Morgan fingerprint density at radius 1 is 1.21 bits per heavy atom. The number of piperidine rings is 1. The normalized spacial score (nSPS) is 16.7. The van der Waals surface area contributed by atoms with Gasteiger partial charge in [-0.2, -0.15) is 9.97 Å². The molecular formula is C24H27N7O6S2. The molecule has 1 saturated heterocycles. The molecule has 4 heterocycles. The summed E-state index contributed by atoms with van der Waals surface area (Å²) in [5.41, 5.74) is 0.617. The first-order valence-electron chi connectivity index (χ1n) is 12.3. The zero-order valence-corrected chi connectivity index (χ0v) is 22.9. The molecule has 1 fully saturated rings. The Morgan fingerprint density at radius 2 is 1.95 bits per heavy atom. The van der Waals surface area contributed by atoms with E-state index in [1.54, 1.807) is 32.0 Å². The van der Waals surface area contributed by atoms with Gasteiger partial charge in [-0.15, -0.1) is 0 Å². The zero-order chi connectivity index (χ0) is 27.7. The van der Waals surface area contributed by atoms with Crippen molar-refractivity contribution in [1.29, 1.82) is 0 Å². The van der Waals surface area contributed by atoms with Gasteiger partial charge in [-0.25, -0.2) is 22.5 Å². The number of carbonyl (C=O) groups is 2. The van der Waals surface area contributed by atoms with E-state index in [-0.39, 0.29) is 41.6 Å². The fourth-order valence-corrected chi connectivity index (χ4v) is 6.64. The van der Waals surface area contributed by atoms with Crippen molar-refractivity contribution in [2.75, 3.05) is 41.9 Å². The first-order chi connectivity index (χ1) is 18.7. The number of carbonyl (C=O) groups excluding carboxylic acids is 2. The summed E-state index contributed by atoms with van der Waals surface area (Å²) in [4.78, 5) is 40.7. The molecule has 0 atom stereocenters. The third kappa shape index (κ3) is 5.37. The Bertz CT molecular complexity index is 1520. The Labute approximate surface area is 228 Å². The van der Waals surface area contributed by atoms with Crippen LogP contribution in [0.4, 0.5) is 22.7 Å². The standard InChI is InChI=1S/C24H27N7O6S2/c1-3-37-22(34)20-14(2)26-24(38-20)29-23-27-18(12-19(28-23)30-10-8-15(32)9-11-30)25-13-31-21(33)16-6-4-5-7-17(16)39(31,35)36/h4-7,12,15,32H,3,8-11,13H2,1-2H3,(H2,25,26,27,28,29). The molecule has 3 aromatic rings. The number of aryl methyl sites for hydroxylation is 1. The van der Waals surface area contributed by atoms with Crippen molar-refractivity contribution in [3.63, 3.8) is 0 Å². The van der Waals surface area contributed by atoms with E-state index in [0.717, 1.165) is 15.6 Å². The number of esters is 1. The Morgan fingerprint density at radius 3 is 2.67 bits per heavy atom. The van der Waals surface area contributed by atoms with Crippen LogP contribution in [-0.2, 0) is 14.8 Å². The lowest BCUT2D eigenvalue weighted by Crippen LogP contribution is -2.37. The van der Waals surface area contributed by atoms with Crippen LogP contribution in [0.5, 0.6) is 0 Å². The van der Waals surface area contributed by atoms with Gasteiger partial charge in [0.05, 0.1) is 24.0 Å². The second-order valence-corrected chi connectivity index (χ2v) is 11.8. The molecule has 2 aliphatic rings. The van der Waals surface area contributed by atoms with Crippen molar-refractivity contribution in [3.8, 4) is 0 Å². The molecule has 39 heavy (non-hydrogen) atoms. The number of benzene rings is 1. The van der Waals surface area contributed by atoms with Crippen molar-refractivity contribution in [2.45, 2.75) is 37.7 Å². The molecule has 13 nitrogen and oxygen atoms in total. The molecule has 0 radical (unpaired) electrons. The van der Waals surface area contributed by atoms with E-state index in [9.17, 15) is 23.1 Å². The first kappa shape index (κ1) is 26.8. The number of aliphatic hydroxyl groups is 1. The molecule has 15 heteroatoms. The van der Waals surface area contributed by atoms with E-state index in [2.05, 4.69) is 25.6 Å². The van der Waals surface area contributed by atoms with E-state index in [0.29, 0.717) is 47.5 Å². The maximum absolute atomic E-state index is 12.9. The van der Waals surface area contributed by atoms with Crippen molar-refractivity contribution >= 4 is 56.0 Å². The minimum atomic E-state index is -4.00. The number of aromatic nitrogens is 3. The van der Waals surface area contributed by atoms with Gasteiger partial charge in [0.1, 0.15) is 28.1 Å². The number of ether oxygens (including phenoxy) is 1. The summed E-state index contributed by atoms with van der Waals surface area (Å²) >= 11 is 1.10. The van der Waals surface area contributed by atoms with E-state index < -0.39 is 21.9 Å². The summed E-state index contributed by atoms with van der Waals surface area (Å²) in [6.07, 6.45) is 0.761. The van der Waals surface area contributed by atoms with Gasteiger partial charge in [-0.3, -0.25) is 10.1 Å². The predicted octanol–water partition coefficient (Wildman–Crippen LogP) is 2.34.